The van der Waals surface area contributed by atoms with Gasteiger partial charge in [0.1, 0.15) is 0 Å². The Morgan fingerprint density at radius 1 is 1.45 bits per heavy atom. The molecule has 0 atom stereocenters. The summed E-state index contributed by atoms with van der Waals surface area (Å²) >= 11 is 0. The zero-order valence-electron chi connectivity index (χ0n) is 6.40. The highest BCUT2D eigenvalue weighted by atomic mass is 16.3. The van der Waals surface area contributed by atoms with Crippen molar-refractivity contribution >= 4 is 0 Å². The number of hydrogen-bond acceptors (Lipinski definition) is 3. The summed E-state index contributed by atoms with van der Waals surface area (Å²) < 4.78 is 1.99. The zero-order valence-corrected chi connectivity index (χ0v) is 6.40. The van der Waals surface area contributed by atoms with Crippen molar-refractivity contribution in [1.29, 1.82) is 0 Å². The maximum atomic E-state index is 8.44. The summed E-state index contributed by atoms with van der Waals surface area (Å²) in [5.41, 5.74) is 0. The van der Waals surface area contributed by atoms with E-state index in [9.17, 15) is 0 Å². The van der Waals surface area contributed by atoms with Crippen molar-refractivity contribution < 1.29 is 5.11 Å². The molecule has 0 aliphatic heterocycles. The molecule has 4 heteroatoms. The molecule has 0 aliphatic carbocycles. The summed E-state index contributed by atoms with van der Waals surface area (Å²) in [7, 11) is 0. The van der Waals surface area contributed by atoms with Crippen molar-refractivity contribution in [2.24, 2.45) is 0 Å². The fourth-order valence-electron chi connectivity index (χ4n) is 0.831. The molecule has 0 saturated carbocycles. The lowest BCUT2D eigenvalue weighted by Gasteiger charge is -2.02. The van der Waals surface area contributed by atoms with Gasteiger partial charge in [0.05, 0.1) is 12.9 Å². The minimum absolute atomic E-state index is 0.198. The molecule has 0 aromatic carbocycles. The van der Waals surface area contributed by atoms with Gasteiger partial charge in [0.2, 0.25) is 0 Å². The van der Waals surface area contributed by atoms with Gasteiger partial charge >= 0.3 is 0 Å². The number of nitrogens with zero attached hydrogens (tertiary/aromatic N) is 2. The molecule has 2 N–H and O–H groups in total. The fourth-order valence-corrected chi connectivity index (χ4v) is 0.831. The van der Waals surface area contributed by atoms with E-state index in [1.54, 1.807) is 12.5 Å². The van der Waals surface area contributed by atoms with Crippen molar-refractivity contribution in [2.75, 3.05) is 19.7 Å². The summed E-state index contributed by atoms with van der Waals surface area (Å²) in [4.78, 5) is 3.91. The first kappa shape index (κ1) is 8.23. The first-order valence-corrected chi connectivity index (χ1v) is 3.71. The van der Waals surface area contributed by atoms with Gasteiger partial charge < -0.3 is 15.0 Å². The average molecular weight is 155 g/mol. The smallest absolute Gasteiger partial charge is 0.0946 e. The molecule has 0 radical (unpaired) electrons. The van der Waals surface area contributed by atoms with Gasteiger partial charge in [-0.1, -0.05) is 0 Å². The molecule has 1 aromatic rings. The molecule has 1 aromatic heterocycles. The number of rotatable bonds is 5. The number of aliphatic hydroxyl groups excluding tert-OH is 1. The highest BCUT2D eigenvalue weighted by molar-refractivity contribution is 4.73. The van der Waals surface area contributed by atoms with E-state index in [1.165, 1.54) is 0 Å². The standard InChI is InChI=1S/C7H13N3O/c11-6-3-8-1-4-10-5-2-9-7-10/h2,5,7-8,11H,1,3-4,6H2. The van der Waals surface area contributed by atoms with Crippen molar-refractivity contribution in [3.63, 3.8) is 0 Å². The van der Waals surface area contributed by atoms with E-state index in [0.29, 0.717) is 6.54 Å². The lowest BCUT2D eigenvalue weighted by molar-refractivity contribution is 0.291. The molecule has 0 aliphatic rings. The Hall–Kier alpha value is -0.870. The van der Waals surface area contributed by atoms with Crippen molar-refractivity contribution in [3.8, 4) is 0 Å². The van der Waals surface area contributed by atoms with Gasteiger partial charge in [-0.05, 0) is 0 Å². The molecule has 0 saturated heterocycles. The molecule has 11 heavy (non-hydrogen) atoms. The predicted octanol–water partition coefficient (Wildman–Crippen LogP) is -0.535. The number of nitrogens with one attached hydrogen (secondary N) is 1. The lowest BCUT2D eigenvalue weighted by Crippen LogP contribution is -2.22. The third-order valence-corrected chi connectivity index (χ3v) is 1.39. The Labute approximate surface area is 65.9 Å². The van der Waals surface area contributed by atoms with Gasteiger partial charge in [0.25, 0.3) is 0 Å². The highest BCUT2D eigenvalue weighted by Gasteiger charge is 1.87. The SMILES string of the molecule is OCCNCCn1ccnc1. The van der Waals surface area contributed by atoms with Crippen LogP contribution in [0.2, 0.25) is 0 Å². The zero-order chi connectivity index (χ0) is 7.94. The van der Waals surface area contributed by atoms with Gasteiger partial charge in [-0.2, -0.15) is 0 Å². The van der Waals surface area contributed by atoms with Crippen LogP contribution < -0.4 is 5.32 Å². The summed E-state index contributed by atoms with van der Waals surface area (Å²) in [5, 5.41) is 11.5. The molecule has 0 amide bonds. The van der Waals surface area contributed by atoms with E-state index < -0.39 is 0 Å². The molecule has 0 bridgehead atoms. The number of aliphatic hydroxyl groups is 1. The van der Waals surface area contributed by atoms with E-state index in [1.807, 2.05) is 10.8 Å². The maximum Gasteiger partial charge on any atom is 0.0946 e. The van der Waals surface area contributed by atoms with Crippen LogP contribution >= 0.6 is 0 Å². The Morgan fingerprint density at radius 3 is 3.00 bits per heavy atom. The second kappa shape index (κ2) is 4.87. The molecule has 0 fully saturated rings. The third kappa shape index (κ3) is 3.15. The topological polar surface area (TPSA) is 50.1 Å². The van der Waals surface area contributed by atoms with Crippen LogP contribution in [-0.4, -0.2) is 34.4 Å². The molecule has 4 nitrogen and oxygen atoms in total. The van der Waals surface area contributed by atoms with Crippen LogP contribution in [0.4, 0.5) is 0 Å². The summed E-state index contributed by atoms with van der Waals surface area (Å²) in [6.07, 6.45) is 5.45. The van der Waals surface area contributed by atoms with Gasteiger partial charge in [-0.15, -0.1) is 0 Å². The molecule has 1 rings (SSSR count). The number of aromatic nitrogens is 2. The normalized spacial score (nSPS) is 10.3. The van der Waals surface area contributed by atoms with Crippen molar-refractivity contribution in [2.45, 2.75) is 6.54 Å². The molecule has 1 heterocycles. The summed E-state index contributed by atoms with van der Waals surface area (Å²) in [5.74, 6) is 0. The second-order valence-corrected chi connectivity index (χ2v) is 2.27. The van der Waals surface area contributed by atoms with Crippen LogP contribution in [0.3, 0.4) is 0 Å². The van der Waals surface area contributed by atoms with Crippen LogP contribution in [0.15, 0.2) is 18.7 Å². The van der Waals surface area contributed by atoms with Gasteiger partial charge in [0, 0.05) is 32.0 Å². The summed E-state index contributed by atoms with van der Waals surface area (Å²) in [6, 6.07) is 0. The largest absolute Gasteiger partial charge is 0.395 e. The van der Waals surface area contributed by atoms with Gasteiger partial charge in [-0.25, -0.2) is 4.98 Å². The van der Waals surface area contributed by atoms with Crippen LogP contribution in [0.25, 0.3) is 0 Å². The van der Waals surface area contributed by atoms with E-state index in [2.05, 4.69) is 10.3 Å². The number of imidazole rings is 1. The van der Waals surface area contributed by atoms with Crippen LogP contribution in [0, 0.1) is 0 Å². The minimum Gasteiger partial charge on any atom is -0.395 e. The maximum absolute atomic E-state index is 8.44. The highest BCUT2D eigenvalue weighted by Crippen LogP contribution is 1.82. The first-order chi connectivity index (χ1) is 5.43. The molecular formula is C7H13N3O. The first-order valence-electron chi connectivity index (χ1n) is 3.71. The Bertz CT molecular complexity index is 174. The van der Waals surface area contributed by atoms with Crippen LogP contribution in [0.1, 0.15) is 0 Å². The predicted molar refractivity (Wildman–Crippen MR) is 42.2 cm³/mol. The Balaban J connectivity index is 2.04. The van der Waals surface area contributed by atoms with E-state index in [-0.39, 0.29) is 6.61 Å². The molecule has 0 spiro atoms. The minimum atomic E-state index is 0.198. The van der Waals surface area contributed by atoms with E-state index in [0.717, 1.165) is 13.1 Å². The van der Waals surface area contributed by atoms with Crippen LogP contribution in [0.5, 0.6) is 0 Å². The molecular weight excluding hydrogens is 142 g/mol. The third-order valence-electron chi connectivity index (χ3n) is 1.39. The molecule has 0 unspecified atom stereocenters. The van der Waals surface area contributed by atoms with E-state index >= 15 is 0 Å². The Kier molecular flexibility index (Phi) is 3.64. The van der Waals surface area contributed by atoms with E-state index in [4.69, 9.17) is 5.11 Å². The van der Waals surface area contributed by atoms with Crippen LogP contribution in [-0.2, 0) is 6.54 Å². The number of hydrogen-bond donors (Lipinski definition) is 2. The average Bonchev–Trinajstić information content (AvgIpc) is 2.50. The molecule has 62 valence electrons. The quantitative estimate of drug-likeness (QED) is 0.562. The van der Waals surface area contributed by atoms with Gasteiger partial charge in [0.15, 0.2) is 0 Å². The van der Waals surface area contributed by atoms with Crippen molar-refractivity contribution in [1.82, 2.24) is 14.9 Å². The second-order valence-electron chi connectivity index (χ2n) is 2.27. The summed E-state index contributed by atoms with van der Waals surface area (Å²) in [6.45, 7) is 2.63. The lowest BCUT2D eigenvalue weighted by atomic mass is 10.5. The monoisotopic (exact) mass is 155 g/mol. The fraction of sp³-hybridized carbons (Fsp3) is 0.571. The van der Waals surface area contributed by atoms with Crippen molar-refractivity contribution in [3.05, 3.63) is 18.7 Å². The Morgan fingerprint density at radius 2 is 2.36 bits per heavy atom. The van der Waals surface area contributed by atoms with Gasteiger partial charge in [-0.3, -0.25) is 0 Å².